The van der Waals surface area contributed by atoms with E-state index < -0.39 is 5.60 Å². The number of hydrogen-bond acceptors (Lipinski definition) is 7. The molecule has 2 bridgehead atoms. The van der Waals surface area contributed by atoms with Crippen LogP contribution < -0.4 is 10.2 Å². The second kappa shape index (κ2) is 9.23. The third-order valence-corrected chi connectivity index (χ3v) is 8.53. The minimum Gasteiger partial charge on any atom is -0.390 e. The molecule has 11 nitrogen and oxygen atoms in total. The van der Waals surface area contributed by atoms with Crippen molar-refractivity contribution in [3.8, 4) is 11.3 Å². The largest absolute Gasteiger partial charge is 0.390 e. The van der Waals surface area contributed by atoms with E-state index in [0.717, 1.165) is 68.6 Å². The molecule has 11 heteroatoms. The van der Waals surface area contributed by atoms with E-state index in [1.807, 2.05) is 29.4 Å². The van der Waals surface area contributed by atoms with Crippen LogP contribution in [-0.4, -0.2) is 97.8 Å². The van der Waals surface area contributed by atoms with Gasteiger partial charge in [-0.1, -0.05) is 0 Å². The summed E-state index contributed by atoms with van der Waals surface area (Å²) in [5.41, 5.74) is 2.76. The van der Waals surface area contributed by atoms with Crippen LogP contribution in [0.15, 0.2) is 36.9 Å². The maximum absolute atomic E-state index is 13.2. The molecular weight excluding hydrogens is 484 g/mol. The van der Waals surface area contributed by atoms with Crippen molar-refractivity contribution >= 4 is 23.3 Å². The van der Waals surface area contributed by atoms with Crippen molar-refractivity contribution in [2.24, 2.45) is 0 Å². The molecule has 1 saturated heterocycles. The molecule has 3 saturated carbocycles. The quantitative estimate of drug-likeness (QED) is 0.543. The number of anilines is 1. The summed E-state index contributed by atoms with van der Waals surface area (Å²) in [5.74, 6) is -0.164. The lowest BCUT2D eigenvalue weighted by molar-refractivity contribution is -0.0702. The number of amides is 3. The molecule has 3 aliphatic carbocycles. The summed E-state index contributed by atoms with van der Waals surface area (Å²) in [6.07, 6.45) is 11.6. The van der Waals surface area contributed by atoms with Gasteiger partial charge in [0.2, 0.25) is 0 Å². The summed E-state index contributed by atoms with van der Waals surface area (Å²) in [7, 11) is 3.55. The topological polar surface area (TPSA) is 119 Å². The van der Waals surface area contributed by atoms with Crippen LogP contribution in [0, 0.1) is 0 Å². The minimum absolute atomic E-state index is 0.0423. The monoisotopic (exact) mass is 518 g/mol. The molecule has 0 aromatic carbocycles. The van der Waals surface area contributed by atoms with Crippen molar-refractivity contribution in [2.75, 3.05) is 45.2 Å². The fraction of sp³-hybridized carbons (Fsp3) is 0.519. The summed E-state index contributed by atoms with van der Waals surface area (Å²) in [6.45, 7) is 2.87. The van der Waals surface area contributed by atoms with Crippen LogP contribution in [0.3, 0.4) is 0 Å². The fourth-order valence-corrected chi connectivity index (χ4v) is 6.01. The van der Waals surface area contributed by atoms with E-state index in [4.69, 9.17) is 0 Å². The summed E-state index contributed by atoms with van der Waals surface area (Å²) in [4.78, 5) is 40.3. The molecule has 0 spiro atoms. The molecule has 38 heavy (non-hydrogen) atoms. The molecule has 3 aromatic rings. The van der Waals surface area contributed by atoms with Gasteiger partial charge in [0.05, 0.1) is 29.4 Å². The predicted molar refractivity (Wildman–Crippen MR) is 142 cm³/mol. The van der Waals surface area contributed by atoms with Crippen molar-refractivity contribution in [3.05, 3.63) is 42.5 Å². The Labute approximate surface area is 221 Å². The molecule has 4 fully saturated rings. The van der Waals surface area contributed by atoms with Crippen LogP contribution in [-0.2, 0) is 0 Å². The number of urea groups is 1. The smallest absolute Gasteiger partial charge is 0.319 e. The van der Waals surface area contributed by atoms with E-state index in [0.29, 0.717) is 24.3 Å². The first-order valence-corrected chi connectivity index (χ1v) is 13.3. The Kier molecular flexibility index (Phi) is 5.97. The number of aliphatic hydroxyl groups is 1. The highest BCUT2D eigenvalue weighted by atomic mass is 16.3. The third-order valence-electron chi connectivity index (χ3n) is 8.53. The van der Waals surface area contributed by atoms with Crippen molar-refractivity contribution < 1.29 is 14.7 Å². The van der Waals surface area contributed by atoms with Crippen molar-refractivity contribution in [1.82, 2.24) is 34.7 Å². The lowest BCUT2D eigenvalue weighted by atomic mass is 9.63. The molecule has 3 amide bonds. The number of nitrogens with zero attached hydrogens (tertiary/aromatic N) is 7. The van der Waals surface area contributed by atoms with Crippen LogP contribution >= 0.6 is 0 Å². The Bertz CT molecular complexity index is 1340. The zero-order chi connectivity index (χ0) is 26.5. The standard InChI is InChI=1S/C27H34N8O3/c1-32(2)25(37)34-13-11-33(12-14-34)20-3-4-22(28-16-20)19-15-29-23-21(17-30-35(23)18-19)24(36)31-26-5-8-27(38,9-6-26)10-7-26/h3-4,15-18,38H,5-14H2,1-2H3,(H,31,36). The number of hydrogen-bond donors (Lipinski definition) is 2. The second-order valence-electron chi connectivity index (χ2n) is 11.2. The molecule has 0 unspecified atom stereocenters. The van der Waals surface area contributed by atoms with Crippen LogP contribution in [0.5, 0.6) is 0 Å². The molecule has 200 valence electrons. The number of nitrogens with one attached hydrogen (secondary N) is 1. The highest BCUT2D eigenvalue weighted by Crippen LogP contribution is 2.46. The highest BCUT2D eigenvalue weighted by molar-refractivity contribution is 6.00. The average molecular weight is 519 g/mol. The first-order chi connectivity index (χ1) is 18.2. The molecule has 3 aromatic heterocycles. The molecular formula is C27H34N8O3. The first-order valence-electron chi connectivity index (χ1n) is 13.3. The van der Waals surface area contributed by atoms with Crippen LogP contribution in [0.2, 0.25) is 0 Å². The summed E-state index contributed by atoms with van der Waals surface area (Å²) >= 11 is 0. The lowest BCUT2D eigenvalue weighted by Gasteiger charge is -2.51. The van der Waals surface area contributed by atoms with E-state index in [2.05, 4.69) is 25.3 Å². The van der Waals surface area contributed by atoms with Gasteiger partial charge in [-0.05, 0) is 50.7 Å². The van der Waals surface area contributed by atoms with Gasteiger partial charge < -0.3 is 25.1 Å². The Morgan fingerprint density at radius 1 is 0.947 bits per heavy atom. The van der Waals surface area contributed by atoms with Crippen LogP contribution in [0.25, 0.3) is 16.9 Å². The van der Waals surface area contributed by atoms with E-state index in [1.54, 1.807) is 35.9 Å². The second-order valence-corrected chi connectivity index (χ2v) is 11.2. The van der Waals surface area contributed by atoms with Crippen molar-refractivity contribution in [2.45, 2.75) is 49.7 Å². The van der Waals surface area contributed by atoms with Gasteiger partial charge in [0.1, 0.15) is 5.56 Å². The van der Waals surface area contributed by atoms with Gasteiger partial charge in [-0.3, -0.25) is 9.78 Å². The van der Waals surface area contributed by atoms with Gasteiger partial charge >= 0.3 is 6.03 Å². The predicted octanol–water partition coefficient (Wildman–Crippen LogP) is 2.16. The number of pyridine rings is 1. The molecule has 2 N–H and O–H groups in total. The summed E-state index contributed by atoms with van der Waals surface area (Å²) in [6, 6.07) is 4.03. The van der Waals surface area contributed by atoms with Gasteiger partial charge in [-0.2, -0.15) is 5.10 Å². The number of aromatic nitrogens is 4. The van der Waals surface area contributed by atoms with Crippen LogP contribution in [0.1, 0.15) is 48.9 Å². The minimum atomic E-state index is -0.539. The zero-order valence-electron chi connectivity index (χ0n) is 21.9. The van der Waals surface area contributed by atoms with Crippen molar-refractivity contribution in [3.63, 3.8) is 0 Å². The average Bonchev–Trinajstić information content (AvgIpc) is 3.37. The molecule has 4 heterocycles. The van der Waals surface area contributed by atoms with Gasteiger partial charge in [-0.15, -0.1) is 0 Å². The summed E-state index contributed by atoms with van der Waals surface area (Å²) in [5, 5.41) is 18.1. The Hall–Kier alpha value is -3.73. The maximum atomic E-state index is 13.2. The molecule has 4 aliphatic rings. The van der Waals surface area contributed by atoms with E-state index in [1.165, 1.54) is 0 Å². The van der Waals surface area contributed by atoms with Crippen LogP contribution in [0.4, 0.5) is 10.5 Å². The van der Waals surface area contributed by atoms with Gasteiger partial charge in [0.15, 0.2) is 5.65 Å². The third kappa shape index (κ3) is 4.44. The normalized spacial score (nSPS) is 25.0. The Morgan fingerprint density at radius 2 is 1.66 bits per heavy atom. The summed E-state index contributed by atoms with van der Waals surface area (Å²) < 4.78 is 1.62. The SMILES string of the molecule is CN(C)C(=O)N1CCN(c2ccc(-c3cnc4c(C(=O)NC56CCC(O)(CC5)CC6)cnn4c3)nc2)CC1. The number of rotatable bonds is 4. The van der Waals surface area contributed by atoms with E-state index in [-0.39, 0.29) is 17.5 Å². The zero-order valence-corrected chi connectivity index (χ0v) is 21.9. The Morgan fingerprint density at radius 3 is 2.29 bits per heavy atom. The van der Waals surface area contributed by atoms with E-state index >= 15 is 0 Å². The van der Waals surface area contributed by atoms with Gasteiger partial charge in [-0.25, -0.2) is 14.3 Å². The molecule has 7 rings (SSSR count). The number of piperazine rings is 1. The van der Waals surface area contributed by atoms with E-state index in [9.17, 15) is 14.7 Å². The number of carbonyl (C=O) groups excluding carboxylic acids is 2. The fourth-order valence-electron chi connectivity index (χ4n) is 6.01. The number of fused-ring (bicyclic) bond motifs is 4. The van der Waals surface area contributed by atoms with Crippen molar-refractivity contribution in [1.29, 1.82) is 0 Å². The lowest BCUT2D eigenvalue weighted by Crippen LogP contribution is -2.58. The molecule has 0 atom stereocenters. The first kappa shape index (κ1) is 24.6. The van der Waals surface area contributed by atoms with Gasteiger partial charge in [0, 0.05) is 63.8 Å². The Balaban J connectivity index is 1.13. The molecule has 1 aliphatic heterocycles. The maximum Gasteiger partial charge on any atom is 0.319 e. The van der Waals surface area contributed by atoms with Gasteiger partial charge in [0.25, 0.3) is 5.91 Å². The highest BCUT2D eigenvalue weighted by Gasteiger charge is 2.48. The number of carbonyl (C=O) groups is 2. The molecule has 0 radical (unpaired) electrons.